The highest BCUT2D eigenvalue weighted by molar-refractivity contribution is 7.85. The molecule has 0 aliphatic rings. The maximum absolute atomic E-state index is 12.7. The van der Waals surface area contributed by atoms with Crippen molar-refractivity contribution in [1.29, 1.82) is 0 Å². The van der Waals surface area contributed by atoms with E-state index in [0.29, 0.717) is 30.2 Å². The van der Waals surface area contributed by atoms with Gasteiger partial charge in [0.05, 0.1) is 29.1 Å². The first kappa shape index (κ1) is 23.9. The largest absolute Gasteiger partial charge is 0.492 e. The quantitative estimate of drug-likeness (QED) is 0.383. The molecule has 4 rings (SSSR count). The van der Waals surface area contributed by atoms with E-state index in [-0.39, 0.29) is 5.91 Å². The molecule has 0 radical (unpaired) electrons. The summed E-state index contributed by atoms with van der Waals surface area (Å²) in [5, 5.41) is 4.95. The Labute approximate surface area is 202 Å². The maximum Gasteiger partial charge on any atom is 0.225 e. The van der Waals surface area contributed by atoms with Crippen LogP contribution < -0.4 is 10.1 Å². The van der Waals surface area contributed by atoms with Crippen molar-refractivity contribution in [2.24, 2.45) is 0 Å². The molecule has 0 aliphatic heterocycles. The van der Waals surface area contributed by atoms with Crippen molar-refractivity contribution in [3.05, 3.63) is 48.2 Å². The summed E-state index contributed by atoms with van der Waals surface area (Å²) in [6.07, 6.45) is 2.18. The summed E-state index contributed by atoms with van der Waals surface area (Å²) in [4.78, 5) is 23.4. The van der Waals surface area contributed by atoms with Crippen molar-refractivity contribution >= 4 is 44.3 Å². The van der Waals surface area contributed by atoms with Crippen LogP contribution in [-0.4, -0.2) is 58.5 Å². The molecule has 0 fully saturated rings. The minimum atomic E-state index is -1.08. The van der Waals surface area contributed by atoms with Crippen LogP contribution in [0.1, 0.15) is 18.9 Å². The first-order chi connectivity index (χ1) is 16.3. The lowest BCUT2D eigenvalue weighted by Gasteiger charge is -2.16. The van der Waals surface area contributed by atoms with E-state index in [4.69, 9.17) is 4.74 Å². The highest BCUT2D eigenvalue weighted by Crippen LogP contribution is 2.43. The fraction of sp³-hybridized carbons (Fsp3) is 0.308. The molecule has 8 heteroatoms. The number of aromatic amines is 1. The van der Waals surface area contributed by atoms with Gasteiger partial charge >= 0.3 is 0 Å². The van der Waals surface area contributed by atoms with Crippen LogP contribution in [0.5, 0.6) is 5.75 Å². The van der Waals surface area contributed by atoms with Gasteiger partial charge in [0.15, 0.2) is 5.75 Å². The number of anilines is 1. The van der Waals surface area contributed by atoms with E-state index >= 15 is 0 Å². The fourth-order valence-electron chi connectivity index (χ4n) is 4.08. The molecule has 7 nitrogen and oxygen atoms in total. The minimum Gasteiger partial charge on any atom is -0.492 e. The molecule has 0 saturated carbocycles. The Morgan fingerprint density at radius 1 is 1.24 bits per heavy atom. The number of nitrogens with one attached hydrogen (secondary N) is 2. The van der Waals surface area contributed by atoms with Gasteiger partial charge in [-0.05, 0) is 62.0 Å². The van der Waals surface area contributed by atoms with E-state index in [9.17, 15) is 9.00 Å². The number of pyridine rings is 1. The average Bonchev–Trinajstić information content (AvgIpc) is 3.20. The van der Waals surface area contributed by atoms with Gasteiger partial charge in [-0.2, -0.15) is 0 Å². The fourth-order valence-corrected chi connectivity index (χ4v) is 4.91. The topological polar surface area (TPSA) is 87.3 Å². The third-order valence-corrected chi connectivity index (χ3v) is 7.06. The molecule has 0 bridgehead atoms. The van der Waals surface area contributed by atoms with Gasteiger partial charge in [0.1, 0.15) is 5.65 Å². The number of aryl methyl sites for hydroxylation is 1. The number of carbonyl (C=O) groups is 1. The summed E-state index contributed by atoms with van der Waals surface area (Å²) < 4.78 is 18.3. The minimum absolute atomic E-state index is 0.0942. The summed E-state index contributed by atoms with van der Waals surface area (Å²) in [5.74, 6) is 1.01. The molecule has 1 unspecified atom stereocenters. The van der Waals surface area contributed by atoms with Crippen LogP contribution >= 0.6 is 0 Å². The number of aromatic nitrogens is 2. The van der Waals surface area contributed by atoms with E-state index in [1.807, 2.05) is 69.4 Å². The third-order valence-electron chi connectivity index (χ3n) is 5.75. The van der Waals surface area contributed by atoms with Gasteiger partial charge < -0.3 is 19.9 Å². The Morgan fingerprint density at radius 3 is 2.74 bits per heavy atom. The van der Waals surface area contributed by atoms with E-state index in [1.54, 1.807) is 7.11 Å². The van der Waals surface area contributed by atoms with Crippen LogP contribution in [0.2, 0.25) is 0 Å². The van der Waals surface area contributed by atoms with E-state index in [0.717, 1.165) is 43.5 Å². The van der Waals surface area contributed by atoms with Crippen LogP contribution in [-0.2, 0) is 15.6 Å². The lowest BCUT2D eigenvalue weighted by Crippen LogP contribution is -2.21. The molecule has 2 aromatic heterocycles. The summed E-state index contributed by atoms with van der Waals surface area (Å²) in [5.41, 5.74) is 4.95. The zero-order chi connectivity index (χ0) is 24.4. The molecule has 0 spiro atoms. The molecule has 1 amide bonds. The van der Waals surface area contributed by atoms with Crippen molar-refractivity contribution in [3.63, 3.8) is 0 Å². The Morgan fingerprint density at radius 2 is 2.03 bits per heavy atom. The zero-order valence-electron chi connectivity index (χ0n) is 20.2. The van der Waals surface area contributed by atoms with Crippen molar-refractivity contribution in [2.75, 3.05) is 38.8 Å². The molecule has 2 heterocycles. The second-order valence-corrected chi connectivity index (χ2v) is 10.3. The zero-order valence-corrected chi connectivity index (χ0v) is 21.0. The lowest BCUT2D eigenvalue weighted by molar-refractivity contribution is -0.116. The Balaban J connectivity index is 1.97. The van der Waals surface area contributed by atoms with Gasteiger partial charge in [0.2, 0.25) is 5.91 Å². The van der Waals surface area contributed by atoms with Crippen molar-refractivity contribution in [1.82, 2.24) is 14.9 Å². The summed E-state index contributed by atoms with van der Waals surface area (Å²) in [6.45, 7) is 4.56. The Bertz CT molecular complexity index is 1390. The molecule has 0 saturated heterocycles. The van der Waals surface area contributed by atoms with E-state index < -0.39 is 10.8 Å². The Kier molecular flexibility index (Phi) is 7.00. The smallest absolute Gasteiger partial charge is 0.225 e. The normalized spacial score (nSPS) is 12.4. The monoisotopic (exact) mass is 478 g/mol. The number of hydrogen-bond donors (Lipinski definition) is 2. The molecule has 2 aromatic carbocycles. The SMILES string of the molecule is CCS(=O)c1cccc(-c2cc(NC(=O)CCN(C)C)c(OC)c3[nH]c4ncc(C)cc4c23)c1. The number of carbonyl (C=O) groups excluding carboxylic acids is 1. The second kappa shape index (κ2) is 9.95. The van der Waals surface area contributed by atoms with Crippen LogP contribution in [0.4, 0.5) is 5.69 Å². The average molecular weight is 479 g/mol. The Hall–Kier alpha value is -3.23. The van der Waals surface area contributed by atoms with E-state index in [1.165, 1.54) is 0 Å². The molecule has 178 valence electrons. The van der Waals surface area contributed by atoms with Gasteiger partial charge in [-0.3, -0.25) is 9.00 Å². The summed E-state index contributed by atoms with van der Waals surface area (Å²) in [7, 11) is 4.39. The second-order valence-electron chi connectivity index (χ2n) is 8.55. The van der Waals surface area contributed by atoms with Crippen LogP contribution in [0.3, 0.4) is 0 Å². The summed E-state index contributed by atoms with van der Waals surface area (Å²) >= 11 is 0. The third kappa shape index (κ3) is 4.69. The van der Waals surface area contributed by atoms with Gasteiger partial charge in [0, 0.05) is 40.6 Å². The molecular weight excluding hydrogens is 448 g/mol. The number of fused-ring (bicyclic) bond motifs is 3. The maximum atomic E-state index is 12.7. The highest BCUT2D eigenvalue weighted by Gasteiger charge is 2.21. The van der Waals surface area contributed by atoms with Gasteiger partial charge in [-0.25, -0.2) is 4.98 Å². The first-order valence-electron chi connectivity index (χ1n) is 11.2. The van der Waals surface area contributed by atoms with E-state index in [2.05, 4.69) is 21.4 Å². The standard InChI is InChI=1S/C26H30N4O3S/c1-6-34(32)18-9-7-8-17(13-18)19-14-21(28-22(31)10-11-30(3)4)25(33-5)24-23(19)20-12-16(2)15-27-26(20)29-24/h7-9,12-15H,6,10-11H2,1-5H3,(H,27,29)(H,28,31). The summed E-state index contributed by atoms with van der Waals surface area (Å²) in [6, 6.07) is 11.8. The van der Waals surface area contributed by atoms with Crippen molar-refractivity contribution in [3.8, 4) is 16.9 Å². The molecular formula is C26H30N4O3S. The molecule has 4 aromatic rings. The molecule has 0 aliphatic carbocycles. The number of methoxy groups -OCH3 is 1. The number of hydrogen-bond acceptors (Lipinski definition) is 5. The highest BCUT2D eigenvalue weighted by atomic mass is 32.2. The number of ether oxygens (including phenoxy) is 1. The van der Waals surface area contributed by atoms with Crippen molar-refractivity contribution < 1.29 is 13.7 Å². The molecule has 34 heavy (non-hydrogen) atoms. The van der Waals surface area contributed by atoms with Gasteiger partial charge in [0.25, 0.3) is 0 Å². The predicted molar refractivity (Wildman–Crippen MR) is 139 cm³/mol. The number of H-pyrrole nitrogens is 1. The molecule has 1 atom stereocenters. The predicted octanol–water partition coefficient (Wildman–Crippen LogP) is 4.72. The van der Waals surface area contributed by atoms with Crippen LogP contribution in [0, 0.1) is 6.92 Å². The van der Waals surface area contributed by atoms with Gasteiger partial charge in [-0.15, -0.1) is 0 Å². The van der Waals surface area contributed by atoms with Crippen LogP contribution in [0.15, 0.2) is 47.5 Å². The van der Waals surface area contributed by atoms with Gasteiger partial charge in [-0.1, -0.05) is 19.1 Å². The molecule has 2 N–H and O–H groups in total. The number of rotatable bonds is 8. The number of nitrogens with zero attached hydrogens (tertiary/aromatic N) is 2. The van der Waals surface area contributed by atoms with Crippen LogP contribution in [0.25, 0.3) is 33.1 Å². The first-order valence-corrected chi connectivity index (χ1v) is 12.6. The van der Waals surface area contributed by atoms with Crippen molar-refractivity contribution in [2.45, 2.75) is 25.2 Å². The lowest BCUT2D eigenvalue weighted by atomic mass is 9.98. The number of benzene rings is 2. The number of amides is 1.